The molecule has 0 bridgehead atoms. The summed E-state index contributed by atoms with van der Waals surface area (Å²) in [6.45, 7) is 4.17. The maximum atomic E-state index is 12.5. The Bertz CT molecular complexity index is 974. The third-order valence-electron chi connectivity index (χ3n) is 5.04. The van der Waals surface area contributed by atoms with Gasteiger partial charge in [0.25, 0.3) is 0 Å². The van der Waals surface area contributed by atoms with E-state index in [0.717, 1.165) is 11.1 Å². The van der Waals surface area contributed by atoms with Crippen LogP contribution in [0.5, 0.6) is 11.5 Å². The highest BCUT2D eigenvalue weighted by Gasteiger charge is 2.19. The Balaban J connectivity index is 2.00. The van der Waals surface area contributed by atoms with Crippen molar-refractivity contribution in [2.24, 2.45) is 0 Å². The number of carbonyl (C=O) groups excluding carboxylic acids is 1. The van der Waals surface area contributed by atoms with Gasteiger partial charge in [0.1, 0.15) is 0 Å². The van der Waals surface area contributed by atoms with Gasteiger partial charge in [0.2, 0.25) is 15.9 Å². The summed E-state index contributed by atoms with van der Waals surface area (Å²) in [5, 5.41) is 3.03. The molecule has 8 heteroatoms. The standard InChI is InChI=1S/C23H32N2O5S/c1-6-20(18-11-14-21(29-3)22(16-18)30-4)24-23(26)8-7-15-25(31(5,27)28)19-12-9-17(2)10-13-19/h9-14,16,20H,6-8,15H2,1-5H3,(H,24,26)/t20-/m0/s1. The van der Waals surface area contributed by atoms with Gasteiger partial charge in [0, 0.05) is 13.0 Å². The van der Waals surface area contributed by atoms with Crippen LogP contribution in [-0.2, 0) is 14.8 Å². The largest absolute Gasteiger partial charge is 0.493 e. The first-order valence-electron chi connectivity index (χ1n) is 10.2. The fourth-order valence-electron chi connectivity index (χ4n) is 3.34. The molecule has 0 aliphatic carbocycles. The zero-order valence-electron chi connectivity index (χ0n) is 18.8. The summed E-state index contributed by atoms with van der Waals surface area (Å²) < 4.78 is 36.4. The molecule has 1 N–H and O–H groups in total. The first kappa shape index (κ1) is 24.5. The molecule has 0 unspecified atom stereocenters. The molecule has 1 atom stereocenters. The van der Waals surface area contributed by atoms with Gasteiger partial charge in [-0.1, -0.05) is 30.7 Å². The summed E-state index contributed by atoms with van der Waals surface area (Å²) in [7, 11) is -0.289. The number of nitrogens with zero attached hydrogens (tertiary/aromatic N) is 1. The summed E-state index contributed by atoms with van der Waals surface area (Å²) >= 11 is 0. The number of anilines is 1. The van der Waals surface area contributed by atoms with Gasteiger partial charge in [0.05, 0.1) is 32.2 Å². The van der Waals surface area contributed by atoms with Crippen molar-refractivity contribution in [1.29, 1.82) is 0 Å². The van der Waals surface area contributed by atoms with Gasteiger partial charge in [-0.3, -0.25) is 9.10 Å². The van der Waals surface area contributed by atoms with Crippen molar-refractivity contribution in [2.45, 2.75) is 39.2 Å². The van der Waals surface area contributed by atoms with Gasteiger partial charge in [-0.15, -0.1) is 0 Å². The van der Waals surface area contributed by atoms with Crippen LogP contribution in [0.1, 0.15) is 43.4 Å². The number of amides is 1. The fraction of sp³-hybridized carbons (Fsp3) is 0.435. The monoisotopic (exact) mass is 448 g/mol. The molecule has 170 valence electrons. The van der Waals surface area contributed by atoms with Crippen LogP contribution in [0.15, 0.2) is 42.5 Å². The van der Waals surface area contributed by atoms with Crippen LogP contribution in [-0.4, -0.2) is 41.3 Å². The van der Waals surface area contributed by atoms with Crippen molar-refractivity contribution < 1.29 is 22.7 Å². The minimum absolute atomic E-state index is 0.126. The third-order valence-corrected chi connectivity index (χ3v) is 6.23. The number of aryl methyl sites for hydroxylation is 1. The van der Waals surface area contributed by atoms with E-state index < -0.39 is 10.0 Å². The zero-order chi connectivity index (χ0) is 23.0. The maximum absolute atomic E-state index is 12.5. The van der Waals surface area contributed by atoms with Gasteiger partial charge in [0.15, 0.2) is 11.5 Å². The van der Waals surface area contributed by atoms with E-state index >= 15 is 0 Å². The molecule has 0 aromatic heterocycles. The van der Waals surface area contributed by atoms with Crippen LogP contribution < -0.4 is 19.1 Å². The smallest absolute Gasteiger partial charge is 0.232 e. The van der Waals surface area contributed by atoms with Gasteiger partial charge in [-0.2, -0.15) is 0 Å². The molecule has 0 aliphatic heterocycles. The minimum atomic E-state index is -3.44. The van der Waals surface area contributed by atoms with Crippen molar-refractivity contribution in [2.75, 3.05) is 31.3 Å². The zero-order valence-corrected chi connectivity index (χ0v) is 19.7. The highest BCUT2D eigenvalue weighted by atomic mass is 32.2. The van der Waals surface area contributed by atoms with E-state index in [-0.39, 0.29) is 24.9 Å². The molecule has 2 aromatic carbocycles. The Labute approximate surface area is 185 Å². The molecule has 31 heavy (non-hydrogen) atoms. The Morgan fingerprint density at radius 2 is 1.71 bits per heavy atom. The van der Waals surface area contributed by atoms with Gasteiger partial charge in [-0.05, 0) is 49.6 Å². The number of sulfonamides is 1. The highest BCUT2D eigenvalue weighted by Crippen LogP contribution is 2.31. The summed E-state index contributed by atoms with van der Waals surface area (Å²) in [5.74, 6) is 1.11. The molecule has 0 aliphatic rings. The second kappa shape index (κ2) is 11.0. The normalized spacial score (nSPS) is 12.2. The number of hydrogen-bond acceptors (Lipinski definition) is 5. The molecule has 2 rings (SSSR count). The molecule has 0 saturated heterocycles. The van der Waals surface area contributed by atoms with Crippen molar-refractivity contribution in [3.05, 3.63) is 53.6 Å². The van der Waals surface area contributed by atoms with Crippen molar-refractivity contribution in [3.8, 4) is 11.5 Å². The Hall–Kier alpha value is -2.74. The molecule has 0 saturated carbocycles. The summed E-state index contributed by atoms with van der Waals surface area (Å²) in [5.41, 5.74) is 2.58. The number of nitrogens with one attached hydrogen (secondary N) is 1. The van der Waals surface area contributed by atoms with Crippen molar-refractivity contribution >= 4 is 21.6 Å². The SMILES string of the molecule is CC[C@H](NC(=O)CCCN(c1ccc(C)cc1)S(C)(=O)=O)c1ccc(OC)c(OC)c1. The lowest BCUT2D eigenvalue weighted by Gasteiger charge is -2.23. The lowest BCUT2D eigenvalue weighted by Crippen LogP contribution is -2.33. The first-order chi connectivity index (χ1) is 14.7. The van der Waals surface area contributed by atoms with E-state index in [1.807, 2.05) is 44.2 Å². The van der Waals surface area contributed by atoms with Crippen LogP contribution in [0, 0.1) is 6.92 Å². The predicted octanol–water partition coefficient (Wildman–Crippen LogP) is 3.83. The van der Waals surface area contributed by atoms with Crippen LogP contribution in [0.3, 0.4) is 0 Å². The summed E-state index contributed by atoms with van der Waals surface area (Å²) in [6, 6.07) is 12.7. The molecular weight excluding hydrogens is 416 g/mol. The minimum Gasteiger partial charge on any atom is -0.493 e. The number of benzene rings is 2. The van der Waals surface area contributed by atoms with E-state index in [9.17, 15) is 13.2 Å². The molecule has 7 nitrogen and oxygen atoms in total. The molecule has 0 heterocycles. The first-order valence-corrected chi connectivity index (χ1v) is 12.1. The van der Waals surface area contributed by atoms with Gasteiger partial charge < -0.3 is 14.8 Å². The van der Waals surface area contributed by atoms with Crippen LogP contribution in [0.2, 0.25) is 0 Å². The molecule has 0 radical (unpaired) electrons. The number of methoxy groups -OCH3 is 2. The lowest BCUT2D eigenvalue weighted by atomic mass is 10.0. The molecular formula is C23H32N2O5S. The maximum Gasteiger partial charge on any atom is 0.232 e. The average Bonchev–Trinajstić information content (AvgIpc) is 2.74. The average molecular weight is 449 g/mol. The van der Waals surface area contributed by atoms with E-state index in [2.05, 4.69) is 5.32 Å². The van der Waals surface area contributed by atoms with E-state index in [4.69, 9.17) is 9.47 Å². The summed E-state index contributed by atoms with van der Waals surface area (Å²) in [4.78, 5) is 12.5. The van der Waals surface area contributed by atoms with E-state index in [1.54, 1.807) is 26.4 Å². The molecule has 2 aromatic rings. The quantitative estimate of drug-likeness (QED) is 0.565. The Morgan fingerprint density at radius 3 is 2.26 bits per heavy atom. The third kappa shape index (κ3) is 6.89. The number of ether oxygens (including phenoxy) is 2. The Kier molecular flexibility index (Phi) is 8.74. The lowest BCUT2D eigenvalue weighted by molar-refractivity contribution is -0.121. The number of carbonyl (C=O) groups is 1. The van der Waals surface area contributed by atoms with Gasteiger partial charge >= 0.3 is 0 Å². The van der Waals surface area contributed by atoms with E-state index in [1.165, 1.54) is 10.6 Å². The van der Waals surface area contributed by atoms with E-state index in [0.29, 0.717) is 30.0 Å². The summed E-state index contributed by atoms with van der Waals surface area (Å²) in [6.07, 6.45) is 2.52. The second-order valence-electron chi connectivity index (χ2n) is 7.42. The van der Waals surface area contributed by atoms with Crippen LogP contribution in [0.4, 0.5) is 5.69 Å². The molecule has 0 fully saturated rings. The van der Waals surface area contributed by atoms with Crippen molar-refractivity contribution in [1.82, 2.24) is 5.32 Å². The number of hydrogen-bond donors (Lipinski definition) is 1. The topological polar surface area (TPSA) is 84.9 Å². The highest BCUT2D eigenvalue weighted by molar-refractivity contribution is 7.92. The Morgan fingerprint density at radius 1 is 1.06 bits per heavy atom. The predicted molar refractivity (Wildman–Crippen MR) is 123 cm³/mol. The van der Waals surface area contributed by atoms with Crippen molar-refractivity contribution in [3.63, 3.8) is 0 Å². The molecule has 0 spiro atoms. The fourth-order valence-corrected chi connectivity index (χ4v) is 4.30. The van der Waals surface area contributed by atoms with Gasteiger partial charge in [-0.25, -0.2) is 8.42 Å². The van der Waals surface area contributed by atoms with Crippen LogP contribution >= 0.6 is 0 Å². The second-order valence-corrected chi connectivity index (χ2v) is 9.32. The molecule has 1 amide bonds. The van der Waals surface area contributed by atoms with Crippen LogP contribution in [0.25, 0.3) is 0 Å². The number of rotatable bonds is 11.